The average molecular weight is 493 g/mol. The summed E-state index contributed by atoms with van der Waals surface area (Å²) in [6.07, 6.45) is 4.95. The van der Waals surface area contributed by atoms with Gasteiger partial charge in [0.1, 0.15) is 23.6 Å². The van der Waals surface area contributed by atoms with Gasteiger partial charge in [-0.3, -0.25) is 14.2 Å². The minimum absolute atomic E-state index is 0.111. The number of carbonyl (C=O) groups is 2. The van der Waals surface area contributed by atoms with Gasteiger partial charge in [0.05, 0.1) is 17.2 Å². The normalized spacial score (nSPS) is 14.4. The molecule has 1 amide bonds. The lowest BCUT2D eigenvalue weighted by atomic mass is 10.2. The molecule has 4 rings (SSSR count). The molecule has 1 fully saturated rings. The summed E-state index contributed by atoms with van der Waals surface area (Å²) in [6, 6.07) is 17.3. The molecule has 1 saturated heterocycles. The lowest BCUT2D eigenvalue weighted by molar-refractivity contribution is -0.135. The van der Waals surface area contributed by atoms with Crippen molar-refractivity contribution < 1.29 is 19.1 Å². The van der Waals surface area contributed by atoms with Crippen LogP contribution >= 0.6 is 11.3 Å². The number of nitrogens with zero attached hydrogens (tertiary/aromatic N) is 2. The first-order chi connectivity index (χ1) is 17.0. The van der Waals surface area contributed by atoms with E-state index in [9.17, 15) is 14.4 Å². The van der Waals surface area contributed by atoms with Crippen molar-refractivity contribution in [2.75, 3.05) is 19.7 Å². The zero-order valence-electron chi connectivity index (χ0n) is 19.6. The van der Waals surface area contributed by atoms with Crippen LogP contribution in [0, 0.1) is 0 Å². The molecule has 35 heavy (non-hydrogen) atoms. The molecule has 8 heteroatoms. The van der Waals surface area contributed by atoms with Crippen molar-refractivity contribution in [3.8, 4) is 5.75 Å². The van der Waals surface area contributed by atoms with Crippen LogP contribution in [0.2, 0.25) is 0 Å². The highest BCUT2D eigenvalue weighted by Gasteiger charge is 2.20. The summed E-state index contributed by atoms with van der Waals surface area (Å²) in [7, 11) is 0. The van der Waals surface area contributed by atoms with Crippen molar-refractivity contribution in [1.29, 1.82) is 0 Å². The Kier molecular flexibility index (Phi) is 8.15. The van der Waals surface area contributed by atoms with Crippen LogP contribution in [0.4, 0.5) is 0 Å². The highest BCUT2D eigenvalue weighted by molar-refractivity contribution is 7.07. The first kappa shape index (κ1) is 24.5. The summed E-state index contributed by atoms with van der Waals surface area (Å²) < 4.78 is 13.2. The van der Waals surface area contributed by atoms with Crippen molar-refractivity contribution in [3.05, 3.63) is 85.3 Å². The summed E-state index contributed by atoms with van der Waals surface area (Å²) in [6.45, 7) is 3.62. The zero-order chi connectivity index (χ0) is 24.6. The molecule has 0 N–H and O–H groups in total. The molecular weight excluding hydrogens is 464 g/mol. The predicted octanol–water partition coefficient (Wildman–Crippen LogP) is 2.28. The summed E-state index contributed by atoms with van der Waals surface area (Å²) >= 11 is 1.16. The molecule has 0 atom stereocenters. The van der Waals surface area contributed by atoms with Gasteiger partial charge in [0.2, 0.25) is 5.91 Å². The quantitative estimate of drug-likeness (QED) is 0.451. The molecule has 2 aromatic carbocycles. The van der Waals surface area contributed by atoms with E-state index >= 15 is 0 Å². The molecule has 0 aliphatic carbocycles. The van der Waals surface area contributed by atoms with Crippen molar-refractivity contribution in [1.82, 2.24) is 9.47 Å². The summed E-state index contributed by atoms with van der Waals surface area (Å²) in [5.41, 5.74) is 1.45. The minimum atomic E-state index is -0.547. The zero-order valence-corrected chi connectivity index (χ0v) is 20.5. The second-order valence-corrected chi connectivity index (χ2v) is 9.20. The van der Waals surface area contributed by atoms with Gasteiger partial charge >= 0.3 is 5.97 Å². The van der Waals surface area contributed by atoms with E-state index < -0.39 is 5.97 Å². The van der Waals surface area contributed by atoms with Gasteiger partial charge < -0.3 is 14.4 Å². The van der Waals surface area contributed by atoms with E-state index in [2.05, 4.69) is 0 Å². The molecule has 182 valence electrons. The molecule has 0 radical (unpaired) electrons. The predicted molar refractivity (Wildman–Crippen MR) is 136 cm³/mol. The summed E-state index contributed by atoms with van der Waals surface area (Å²) in [4.78, 5) is 40.0. The molecule has 0 saturated carbocycles. The van der Waals surface area contributed by atoms with Crippen LogP contribution < -0.4 is 19.5 Å². The molecular formula is C27H28N2O5S. The highest BCUT2D eigenvalue weighted by Crippen LogP contribution is 2.20. The standard InChI is InChI=1S/C27H28N2O5S/c1-2-33-26(31)17-25-29(18-24(30)28-14-8-9-15-28)27(32)23(35-25)16-21-12-6-7-13-22(21)34-19-20-10-4-3-5-11-20/h3-7,10-13,16-17H,2,8-9,14-15,18-19H2,1H3/b23-16-,25-17-. The van der Waals surface area contributed by atoms with Crippen LogP contribution in [0.3, 0.4) is 0 Å². The van der Waals surface area contributed by atoms with Gasteiger partial charge in [0.15, 0.2) is 0 Å². The number of carbonyl (C=O) groups excluding carboxylic acids is 2. The third-order valence-corrected chi connectivity index (χ3v) is 6.72. The largest absolute Gasteiger partial charge is 0.488 e. The van der Waals surface area contributed by atoms with Gasteiger partial charge in [-0.2, -0.15) is 0 Å². The second-order valence-electron chi connectivity index (χ2n) is 8.14. The number of amides is 1. The number of thiazole rings is 1. The summed E-state index contributed by atoms with van der Waals surface area (Å²) in [5.74, 6) is -0.0342. The topological polar surface area (TPSA) is 77.8 Å². The molecule has 0 bridgehead atoms. The number of likely N-dealkylation sites (tertiary alicyclic amines) is 1. The number of hydrogen-bond donors (Lipinski definition) is 0. The van der Waals surface area contributed by atoms with Crippen LogP contribution in [-0.2, 0) is 27.5 Å². The Balaban J connectivity index is 1.70. The molecule has 7 nitrogen and oxygen atoms in total. The second kappa shape index (κ2) is 11.7. The Morgan fingerprint density at radius 1 is 1.03 bits per heavy atom. The summed E-state index contributed by atoms with van der Waals surface area (Å²) in [5, 5.41) is 0. The molecule has 3 aromatic rings. The van der Waals surface area contributed by atoms with Gasteiger partial charge in [0.25, 0.3) is 5.56 Å². The molecule has 0 spiro atoms. The maximum atomic E-state index is 13.3. The van der Waals surface area contributed by atoms with E-state index in [1.165, 1.54) is 10.6 Å². The van der Waals surface area contributed by atoms with Gasteiger partial charge in [0, 0.05) is 18.7 Å². The minimum Gasteiger partial charge on any atom is -0.488 e. The fourth-order valence-electron chi connectivity index (χ4n) is 3.89. The van der Waals surface area contributed by atoms with Crippen LogP contribution in [0.1, 0.15) is 30.9 Å². The Morgan fingerprint density at radius 3 is 2.49 bits per heavy atom. The van der Waals surface area contributed by atoms with Crippen molar-refractivity contribution in [2.24, 2.45) is 0 Å². The van der Waals surface area contributed by atoms with Crippen molar-refractivity contribution in [3.63, 3.8) is 0 Å². The van der Waals surface area contributed by atoms with Crippen LogP contribution in [0.15, 0.2) is 59.4 Å². The Labute approximate surface area is 207 Å². The lowest BCUT2D eigenvalue weighted by Gasteiger charge is -2.15. The Bertz CT molecular complexity index is 1350. The Hall–Kier alpha value is -3.65. The van der Waals surface area contributed by atoms with Crippen molar-refractivity contribution in [2.45, 2.75) is 32.9 Å². The van der Waals surface area contributed by atoms with E-state index in [1.54, 1.807) is 17.9 Å². The van der Waals surface area contributed by atoms with E-state index in [0.717, 1.165) is 35.3 Å². The SMILES string of the molecule is CCOC(=O)/C=c1\s/c(=C\c2ccccc2OCc2ccccc2)c(=O)n1CC(=O)N1CCCC1. The van der Waals surface area contributed by atoms with Gasteiger partial charge in [-0.1, -0.05) is 48.5 Å². The number of esters is 1. The molecule has 2 heterocycles. The maximum absolute atomic E-state index is 13.3. The van der Waals surface area contributed by atoms with E-state index in [-0.39, 0.29) is 24.6 Å². The molecule has 1 aromatic heterocycles. The number of aromatic nitrogens is 1. The van der Waals surface area contributed by atoms with E-state index in [0.29, 0.717) is 34.6 Å². The molecule has 1 aliphatic rings. The molecule has 0 unspecified atom stereocenters. The van der Waals surface area contributed by atoms with Gasteiger partial charge in [-0.05, 0) is 37.5 Å². The van der Waals surface area contributed by atoms with E-state index in [1.807, 2.05) is 54.6 Å². The smallest absolute Gasteiger partial charge is 0.333 e. The van der Waals surface area contributed by atoms with Crippen LogP contribution in [0.5, 0.6) is 5.75 Å². The Morgan fingerprint density at radius 2 is 1.74 bits per heavy atom. The molecule has 1 aliphatic heterocycles. The van der Waals surface area contributed by atoms with Crippen molar-refractivity contribution >= 4 is 35.4 Å². The fraction of sp³-hybridized carbons (Fsp3) is 0.296. The third-order valence-electron chi connectivity index (χ3n) is 5.66. The van der Waals surface area contributed by atoms with Gasteiger partial charge in [-0.25, -0.2) is 4.79 Å². The number of para-hydroxylation sites is 1. The first-order valence-electron chi connectivity index (χ1n) is 11.7. The fourth-order valence-corrected chi connectivity index (χ4v) is 4.91. The number of benzene rings is 2. The monoisotopic (exact) mass is 492 g/mol. The number of ether oxygens (including phenoxy) is 2. The van der Waals surface area contributed by atoms with Crippen LogP contribution in [0.25, 0.3) is 12.2 Å². The van der Waals surface area contributed by atoms with E-state index in [4.69, 9.17) is 9.47 Å². The number of hydrogen-bond acceptors (Lipinski definition) is 6. The average Bonchev–Trinajstić information content (AvgIpc) is 3.50. The third kappa shape index (κ3) is 6.27. The van der Waals surface area contributed by atoms with Gasteiger partial charge in [-0.15, -0.1) is 11.3 Å². The highest BCUT2D eigenvalue weighted by atomic mass is 32.1. The lowest BCUT2D eigenvalue weighted by Crippen LogP contribution is -2.39. The number of rotatable bonds is 8. The van der Waals surface area contributed by atoms with Crippen LogP contribution in [-0.4, -0.2) is 41.0 Å². The first-order valence-corrected chi connectivity index (χ1v) is 12.5. The maximum Gasteiger partial charge on any atom is 0.333 e.